The van der Waals surface area contributed by atoms with Gasteiger partial charge in [-0.15, -0.1) is 10.2 Å². The van der Waals surface area contributed by atoms with Gasteiger partial charge in [-0.25, -0.2) is 4.52 Å². The average Bonchev–Trinajstić information content (AvgIpc) is 2.85. The molecule has 6 heteroatoms. The lowest BCUT2D eigenvalue weighted by molar-refractivity contribution is 0.242. The number of aromatic nitrogens is 4. The van der Waals surface area contributed by atoms with Gasteiger partial charge in [-0.05, 0) is 45.4 Å². The fourth-order valence-electron chi connectivity index (χ4n) is 2.69. The van der Waals surface area contributed by atoms with Crippen molar-refractivity contribution >= 4 is 11.4 Å². The van der Waals surface area contributed by atoms with E-state index in [9.17, 15) is 5.11 Å². The first-order chi connectivity index (χ1) is 11.4. The molecule has 2 aromatic heterocycles. The zero-order valence-corrected chi connectivity index (χ0v) is 14.2. The zero-order valence-electron chi connectivity index (χ0n) is 14.2. The molecule has 0 aliphatic carbocycles. The molecule has 0 spiro atoms. The number of nitrogens with zero attached hydrogens (tertiary/aromatic N) is 4. The van der Waals surface area contributed by atoms with Crippen LogP contribution in [0.3, 0.4) is 0 Å². The first kappa shape index (κ1) is 16.0. The van der Waals surface area contributed by atoms with Crippen LogP contribution in [0, 0.1) is 13.8 Å². The van der Waals surface area contributed by atoms with Gasteiger partial charge in [0.2, 0.25) is 0 Å². The second-order valence-corrected chi connectivity index (χ2v) is 5.97. The van der Waals surface area contributed by atoms with E-state index in [-0.39, 0.29) is 11.9 Å². The number of aliphatic hydroxyl groups excluding tert-OH is 1. The van der Waals surface area contributed by atoms with Crippen molar-refractivity contribution in [3.8, 4) is 16.9 Å². The van der Waals surface area contributed by atoms with Gasteiger partial charge < -0.3 is 9.84 Å². The number of hydrogen-bond acceptors (Lipinski definition) is 5. The van der Waals surface area contributed by atoms with Crippen LogP contribution in [-0.4, -0.2) is 31.0 Å². The van der Waals surface area contributed by atoms with Gasteiger partial charge in [0.1, 0.15) is 17.2 Å². The first-order valence-corrected chi connectivity index (χ1v) is 7.76. The summed E-state index contributed by atoms with van der Waals surface area (Å²) in [5.41, 5.74) is 4.43. The zero-order chi connectivity index (χ0) is 17.4. The third-order valence-corrected chi connectivity index (χ3v) is 3.73. The van der Waals surface area contributed by atoms with E-state index in [1.807, 2.05) is 52.0 Å². The molecule has 0 saturated heterocycles. The highest BCUT2D eigenvalue weighted by Gasteiger charge is 2.17. The van der Waals surface area contributed by atoms with E-state index < -0.39 is 0 Å². The summed E-state index contributed by atoms with van der Waals surface area (Å²) in [7, 11) is 0. The quantitative estimate of drug-likeness (QED) is 0.740. The van der Waals surface area contributed by atoms with Crippen molar-refractivity contribution in [2.45, 2.75) is 33.8 Å². The first-order valence-electron chi connectivity index (χ1n) is 7.76. The molecule has 0 radical (unpaired) electrons. The maximum absolute atomic E-state index is 9.61. The van der Waals surface area contributed by atoms with Crippen molar-refractivity contribution in [2.75, 3.05) is 0 Å². The molecule has 3 aromatic rings. The topological polar surface area (TPSA) is 72.5 Å². The molecule has 0 saturated carbocycles. The molecule has 0 bridgehead atoms. The molecular formula is C18H20N4O2. The molecule has 1 N–H and O–H groups in total. The molecule has 24 heavy (non-hydrogen) atoms. The smallest absolute Gasteiger partial charge is 0.185 e. The summed E-state index contributed by atoms with van der Waals surface area (Å²) < 4.78 is 7.37. The summed E-state index contributed by atoms with van der Waals surface area (Å²) in [6.45, 7) is 11.3. The van der Waals surface area contributed by atoms with Crippen molar-refractivity contribution in [3.63, 3.8) is 0 Å². The van der Waals surface area contributed by atoms with E-state index >= 15 is 0 Å². The average molecular weight is 324 g/mol. The largest absolute Gasteiger partial charge is 0.506 e. The minimum absolute atomic E-state index is 0.119. The lowest BCUT2D eigenvalue weighted by Crippen LogP contribution is -2.05. The number of benzene rings is 1. The molecular weight excluding hydrogens is 304 g/mol. The summed E-state index contributed by atoms with van der Waals surface area (Å²) in [6, 6.07) is 7.83. The van der Waals surface area contributed by atoms with Gasteiger partial charge >= 0.3 is 0 Å². The Morgan fingerprint density at radius 3 is 2.42 bits per heavy atom. The Labute approximate surface area is 140 Å². The Morgan fingerprint density at radius 2 is 1.83 bits per heavy atom. The van der Waals surface area contributed by atoms with E-state index in [1.165, 1.54) is 0 Å². The Bertz CT molecular complexity index is 911. The van der Waals surface area contributed by atoms with E-state index in [0.717, 1.165) is 22.6 Å². The number of aliphatic hydroxyl groups is 1. The van der Waals surface area contributed by atoms with Crippen LogP contribution in [0.25, 0.3) is 22.5 Å². The highest BCUT2D eigenvalue weighted by molar-refractivity contribution is 5.80. The van der Waals surface area contributed by atoms with E-state index in [4.69, 9.17) is 4.74 Å². The minimum Gasteiger partial charge on any atom is -0.506 e. The molecule has 1 aromatic carbocycles. The van der Waals surface area contributed by atoms with Crippen LogP contribution in [0.2, 0.25) is 0 Å². The van der Waals surface area contributed by atoms with Gasteiger partial charge in [-0.1, -0.05) is 18.7 Å². The standard InChI is InChI=1S/C18H20N4O2/c1-10(2)24-15-8-6-14(7-9-15)16-11(3)21-22-12(4)17(13(5)23)19-20-18(16)22/h6-10,23H,5H2,1-4H3. The summed E-state index contributed by atoms with van der Waals surface area (Å²) in [6.07, 6.45) is 0.132. The number of rotatable bonds is 4. The van der Waals surface area contributed by atoms with Crippen molar-refractivity contribution in [3.05, 3.63) is 47.9 Å². The monoisotopic (exact) mass is 324 g/mol. The van der Waals surface area contributed by atoms with Gasteiger partial charge in [0, 0.05) is 0 Å². The second kappa shape index (κ2) is 5.96. The summed E-state index contributed by atoms with van der Waals surface area (Å²) >= 11 is 0. The van der Waals surface area contributed by atoms with Crippen LogP contribution < -0.4 is 4.74 Å². The number of ether oxygens (including phenoxy) is 1. The normalized spacial score (nSPS) is 11.2. The van der Waals surface area contributed by atoms with Crippen molar-refractivity contribution < 1.29 is 9.84 Å². The summed E-state index contributed by atoms with van der Waals surface area (Å²) in [4.78, 5) is 0. The highest BCUT2D eigenvalue weighted by atomic mass is 16.5. The minimum atomic E-state index is -0.119. The van der Waals surface area contributed by atoms with Crippen molar-refractivity contribution in [2.24, 2.45) is 0 Å². The van der Waals surface area contributed by atoms with Crippen LogP contribution in [0.15, 0.2) is 30.8 Å². The molecule has 0 unspecified atom stereocenters. The van der Waals surface area contributed by atoms with Crippen LogP contribution >= 0.6 is 0 Å². The lowest BCUT2D eigenvalue weighted by Gasteiger charge is -2.10. The number of aryl methyl sites for hydroxylation is 2. The molecule has 2 heterocycles. The van der Waals surface area contributed by atoms with E-state index in [0.29, 0.717) is 17.0 Å². The molecule has 0 aliphatic rings. The maximum atomic E-state index is 9.61. The van der Waals surface area contributed by atoms with Crippen LogP contribution in [0.1, 0.15) is 30.9 Å². The summed E-state index contributed by atoms with van der Waals surface area (Å²) in [5.74, 6) is 0.704. The molecule has 124 valence electrons. The number of fused-ring (bicyclic) bond motifs is 1. The Morgan fingerprint density at radius 1 is 1.17 bits per heavy atom. The van der Waals surface area contributed by atoms with E-state index in [1.54, 1.807) is 4.52 Å². The SMILES string of the molecule is C=C(O)c1nnc2c(-c3ccc(OC(C)C)cc3)c(C)nn2c1C. The van der Waals surface area contributed by atoms with Gasteiger partial charge in [-0.3, -0.25) is 0 Å². The van der Waals surface area contributed by atoms with Crippen molar-refractivity contribution in [1.82, 2.24) is 19.8 Å². The second-order valence-electron chi connectivity index (χ2n) is 5.97. The van der Waals surface area contributed by atoms with Gasteiger partial charge in [0.05, 0.1) is 23.1 Å². The molecule has 6 nitrogen and oxygen atoms in total. The van der Waals surface area contributed by atoms with E-state index in [2.05, 4.69) is 21.9 Å². The molecule has 0 amide bonds. The van der Waals surface area contributed by atoms with Gasteiger partial charge in [0.25, 0.3) is 0 Å². The van der Waals surface area contributed by atoms with Gasteiger partial charge in [-0.2, -0.15) is 5.10 Å². The Balaban J connectivity index is 2.11. The Kier molecular flexibility index (Phi) is 3.97. The van der Waals surface area contributed by atoms with Crippen LogP contribution in [0.5, 0.6) is 5.75 Å². The third-order valence-electron chi connectivity index (χ3n) is 3.73. The van der Waals surface area contributed by atoms with Gasteiger partial charge in [0.15, 0.2) is 5.65 Å². The number of hydrogen-bond donors (Lipinski definition) is 1. The summed E-state index contributed by atoms with van der Waals surface area (Å²) in [5, 5.41) is 22.4. The highest BCUT2D eigenvalue weighted by Crippen LogP contribution is 2.29. The molecule has 0 atom stereocenters. The molecule has 3 rings (SSSR count). The fourth-order valence-corrected chi connectivity index (χ4v) is 2.69. The van der Waals surface area contributed by atoms with Crippen LogP contribution in [-0.2, 0) is 0 Å². The fraction of sp³-hybridized carbons (Fsp3) is 0.278. The predicted molar refractivity (Wildman–Crippen MR) is 93.1 cm³/mol. The third kappa shape index (κ3) is 2.71. The maximum Gasteiger partial charge on any atom is 0.185 e. The molecule has 0 fully saturated rings. The predicted octanol–water partition coefficient (Wildman–Crippen LogP) is 3.72. The lowest BCUT2D eigenvalue weighted by atomic mass is 10.1. The molecule has 0 aliphatic heterocycles. The van der Waals surface area contributed by atoms with Crippen molar-refractivity contribution in [1.29, 1.82) is 0 Å². The van der Waals surface area contributed by atoms with Crippen LogP contribution in [0.4, 0.5) is 0 Å². The Hall–Kier alpha value is -2.89.